The van der Waals surface area contributed by atoms with E-state index >= 15 is 0 Å². The molecule has 3 rings (SSSR count). The summed E-state index contributed by atoms with van der Waals surface area (Å²) in [5.41, 5.74) is 1.92. The standard InChI is InChI=1S/C23H20N2O5/c1-29-22-12-11-19(25(27)28)15-21(22)24-23(26)13-10-17-8-5-9-20(14-17)30-16-18-6-3-2-4-7-18/h2-15H,16H2,1H3,(H,24,26)/b13-10+. The third-order valence-electron chi connectivity index (χ3n) is 4.19. The van der Waals surface area contributed by atoms with E-state index < -0.39 is 10.8 Å². The van der Waals surface area contributed by atoms with E-state index in [0.717, 1.165) is 11.1 Å². The monoisotopic (exact) mass is 404 g/mol. The minimum atomic E-state index is -0.536. The van der Waals surface area contributed by atoms with Gasteiger partial charge in [-0.3, -0.25) is 14.9 Å². The summed E-state index contributed by atoms with van der Waals surface area (Å²) in [5, 5.41) is 13.6. The maximum absolute atomic E-state index is 12.3. The van der Waals surface area contributed by atoms with Gasteiger partial charge in [-0.15, -0.1) is 0 Å². The van der Waals surface area contributed by atoms with Crippen molar-refractivity contribution in [3.05, 3.63) is 100 Å². The highest BCUT2D eigenvalue weighted by molar-refractivity contribution is 6.03. The number of carbonyl (C=O) groups excluding carboxylic acids is 1. The smallest absolute Gasteiger partial charge is 0.271 e. The number of nitrogens with one attached hydrogen (secondary N) is 1. The van der Waals surface area contributed by atoms with Gasteiger partial charge in [0, 0.05) is 18.2 Å². The number of hydrogen-bond acceptors (Lipinski definition) is 5. The van der Waals surface area contributed by atoms with Crippen LogP contribution in [0.2, 0.25) is 0 Å². The number of amides is 1. The van der Waals surface area contributed by atoms with Crippen molar-refractivity contribution >= 4 is 23.4 Å². The molecule has 0 bridgehead atoms. The van der Waals surface area contributed by atoms with Gasteiger partial charge < -0.3 is 14.8 Å². The minimum Gasteiger partial charge on any atom is -0.495 e. The molecule has 0 spiro atoms. The molecule has 3 aromatic carbocycles. The van der Waals surface area contributed by atoms with Crippen molar-refractivity contribution in [3.8, 4) is 11.5 Å². The molecule has 1 amide bonds. The maximum atomic E-state index is 12.3. The van der Waals surface area contributed by atoms with Gasteiger partial charge in [0.05, 0.1) is 17.7 Å². The zero-order chi connectivity index (χ0) is 21.3. The van der Waals surface area contributed by atoms with Crippen molar-refractivity contribution in [2.75, 3.05) is 12.4 Å². The number of rotatable bonds is 8. The molecule has 0 aliphatic carbocycles. The van der Waals surface area contributed by atoms with E-state index in [1.807, 2.05) is 54.6 Å². The number of methoxy groups -OCH3 is 1. The summed E-state index contributed by atoms with van der Waals surface area (Å²) in [7, 11) is 1.42. The summed E-state index contributed by atoms with van der Waals surface area (Å²) in [6, 6.07) is 21.2. The van der Waals surface area contributed by atoms with Crippen LogP contribution in [-0.2, 0) is 11.4 Å². The zero-order valence-corrected chi connectivity index (χ0v) is 16.3. The highest BCUT2D eigenvalue weighted by atomic mass is 16.6. The van der Waals surface area contributed by atoms with Gasteiger partial charge in [0.1, 0.15) is 18.1 Å². The van der Waals surface area contributed by atoms with Crippen molar-refractivity contribution in [1.29, 1.82) is 0 Å². The van der Waals surface area contributed by atoms with Crippen molar-refractivity contribution in [3.63, 3.8) is 0 Å². The first kappa shape index (κ1) is 20.6. The zero-order valence-electron chi connectivity index (χ0n) is 16.3. The summed E-state index contributed by atoms with van der Waals surface area (Å²) in [4.78, 5) is 22.7. The van der Waals surface area contributed by atoms with E-state index in [-0.39, 0.29) is 11.4 Å². The Labute approximate surface area is 173 Å². The fourth-order valence-corrected chi connectivity index (χ4v) is 2.70. The topological polar surface area (TPSA) is 90.7 Å². The number of benzene rings is 3. The van der Waals surface area contributed by atoms with Gasteiger partial charge in [-0.25, -0.2) is 0 Å². The Hall–Kier alpha value is -4.13. The molecular formula is C23H20N2O5. The summed E-state index contributed by atoms with van der Waals surface area (Å²) in [5.74, 6) is 0.574. The first-order valence-corrected chi connectivity index (χ1v) is 9.13. The molecule has 152 valence electrons. The third kappa shape index (κ3) is 5.68. The second-order valence-corrected chi connectivity index (χ2v) is 6.31. The van der Waals surface area contributed by atoms with Crippen molar-refractivity contribution in [2.45, 2.75) is 6.61 Å². The van der Waals surface area contributed by atoms with Crippen LogP contribution in [0.5, 0.6) is 11.5 Å². The highest BCUT2D eigenvalue weighted by Gasteiger charge is 2.12. The summed E-state index contributed by atoms with van der Waals surface area (Å²) < 4.78 is 10.9. The summed E-state index contributed by atoms with van der Waals surface area (Å²) >= 11 is 0. The average molecular weight is 404 g/mol. The molecule has 0 saturated heterocycles. The molecule has 0 saturated carbocycles. The molecule has 0 radical (unpaired) electrons. The number of anilines is 1. The van der Waals surface area contributed by atoms with Crippen LogP contribution >= 0.6 is 0 Å². The molecule has 0 heterocycles. The van der Waals surface area contributed by atoms with Crippen LogP contribution in [0.3, 0.4) is 0 Å². The maximum Gasteiger partial charge on any atom is 0.271 e. The SMILES string of the molecule is COc1ccc([N+](=O)[O-])cc1NC(=O)/C=C/c1cccc(OCc2ccccc2)c1. The lowest BCUT2D eigenvalue weighted by Crippen LogP contribution is -2.09. The molecule has 0 aromatic heterocycles. The van der Waals surface area contributed by atoms with E-state index in [1.54, 1.807) is 6.08 Å². The summed E-state index contributed by atoms with van der Waals surface area (Å²) in [6.45, 7) is 0.446. The van der Waals surface area contributed by atoms with Crippen LogP contribution in [-0.4, -0.2) is 17.9 Å². The molecule has 3 aromatic rings. The second-order valence-electron chi connectivity index (χ2n) is 6.31. The molecule has 30 heavy (non-hydrogen) atoms. The molecular weight excluding hydrogens is 384 g/mol. The van der Waals surface area contributed by atoms with Crippen molar-refractivity contribution < 1.29 is 19.2 Å². The van der Waals surface area contributed by atoms with E-state index in [1.165, 1.54) is 31.4 Å². The van der Waals surface area contributed by atoms with Crippen LogP contribution < -0.4 is 14.8 Å². The van der Waals surface area contributed by atoms with Crippen LogP contribution in [0, 0.1) is 10.1 Å². The fraction of sp³-hybridized carbons (Fsp3) is 0.0870. The predicted octanol–water partition coefficient (Wildman–Crippen LogP) is 4.83. The number of ether oxygens (including phenoxy) is 2. The number of non-ortho nitro benzene ring substituents is 1. The quantitative estimate of drug-likeness (QED) is 0.330. The lowest BCUT2D eigenvalue weighted by Gasteiger charge is -2.08. The first-order valence-electron chi connectivity index (χ1n) is 9.13. The van der Waals surface area contributed by atoms with Gasteiger partial charge in [-0.2, -0.15) is 0 Å². The average Bonchev–Trinajstić information content (AvgIpc) is 2.77. The lowest BCUT2D eigenvalue weighted by molar-refractivity contribution is -0.384. The van der Waals surface area contributed by atoms with Crippen molar-refractivity contribution in [1.82, 2.24) is 0 Å². The van der Waals surface area contributed by atoms with Gasteiger partial charge in [0.25, 0.3) is 5.69 Å². The number of hydrogen-bond donors (Lipinski definition) is 1. The molecule has 1 N–H and O–H groups in total. The molecule has 0 aliphatic rings. The van der Waals surface area contributed by atoms with Gasteiger partial charge in [-0.05, 0) is 35.4 Å². The Bertz CT molecular complexity index is 1060. The Kier molecular flexibility index (Phi) is 6.78. The molecule has 0 atom stereocenters. The Morgan fingerprint density at radius 2 is 1.87 bits per heavy atom. The Morgan fingerprint density at radius 3 is 2.60 bits per heavy atom. The Morgan fingerprint density at radius 1 is 1.07 bits per heavy atom. The fourth-order valence-electron chi connectivity index (χ4n) is 2.70. The van der Waals surface area contributed by atoms with Gasteiger partial charge in [-0.1, -0.05) is 42.5 Å². The molecule has 0 unspecified atom stereocenters. The molecule has 7 heteroatoms. The van der Waals surface area contributed by atoms with Crippen LogP contribution in [0.15, 0.2) is 78.9 Å². The molecule has 0 aliphatic heterocycles. The van der Waals surface area contributed by atoms with E-state index in [4.69, 9.17) is 9.47 Å². The predicted molar refractivity (Wildman–Crippen MR) is 115 cm³/mol. The normalized spacial score (nSPS) is 10.6. The van der Waals surface area contributed by atoms with Crippen molar-refractivity contribution in [2.24, 2.45) is 0 Å². The van der Waals surface area contributed by atoms with Gasteiger partial charge >= 0.3 is 0 Å². The van der Waals surface area contributed by atoms with Crippen LogP contribution in [0.25, 0.3) is 6.08 Å². The minimum absolute atomic E-state index is 0.140. The van der Waals surface area contributed by atoms with E-state index in [2.05, 4.69) is 5.32 Å². The number of carbonyl (C=O) groups is 1. The molecule has 0 fully saturated rings. The summed E-state index contributed by atoms with van der Waals surface area (Å²) in [6.07, 6.45) is 2.98. The van der Waals surface area contributed by atoms with Crippen LogP contribution in [0.1, 0.15) is 11.1 Å². The number of nitrogens with zero attached hydrogens (tertiary/aromatic N) is 1. The lowest BCUT2D eigenvalue weighted by atomic mass is 10.2. The van der Waals surface area contributed by atoms with Gasteiger partial charge in [0.2, 0.25) is 5.91 Å². The largest absolute Gasteiger partial charge is 0.495 e. The highest BCUT2D eigenvalue weighted by Crippen LogP contribution is 2.28. The number of nitro groups is 1. The number of nitro benzene ring substituents is 1. The van der Waals surface area contributed by atoms with E-state index in [0.29, 0.717) is 18.1 Å². The van der Waals surface area contributed by atoms with E-state index in [9.17, 15) is 14.9 Å². The van der Waals surface area contributed by atoms with Gasteiger partial charge in [0.15, 0.2) is 0 Å². The first-order chi connectivity index (χ1) is 14.5. The molecule has 7 nitrogen and oxygen atoms in total. The third-order valence-corrected chi connectivity index (χ3v) is 4.19. The van der Waals surface area contributed by atoms with Crippen LogP contribution in [0.4, 0.5) is 11.4 Å². The second kappa shape index (κ2) is 9.88. The Balaban J connectivity index is 1.65.